The third kappa shape index (κ3) is 3.74. The minimum absolute atomic E-state index is 0.201. The summed E-state index contributed by atoms with van der Waals surface area (Å²) >= 11 is 0. The molecule has 0 bridgehead atoms. The molecule has 0 fully saturated rings. The van der Waals surface area contributed by atoms with E-state index in [0.717, 1.165) is 47.4 Å². The van der Waals surface area contributed by atoms with Crippen molar-refractivity contribution < 1.29 is 14.3 Å². The fraction of sp³-hybridized carbons (Fsp3) is 0.476. The summed E-state index contributed by atoms with van der Waals surface area (Å²) < 4.78 is 7.11. The van der Waals surface area contributed by atoms with Crippen molar-refractivity contribution >= 4 is 11.8 Å². The first kappa shape index (κ1) is 19.9. The van der Waals surface area contributed by atoms with Gasteiger partial charge in [-0.05, 0) is 61.8 Å². The van der Waals surface area contributed by atoms with Gasteiger partial charge in [0.05, 0.1) is 7.11 Å². The number of carbonyl (C=O) groups is 2. The summed E-state index contributed by atoms with van der Waals surface area (Å²) in [6.07, 6.45) is 2.70. The van der Waals surface area contributed by atoms with Gasteiger partial charge in [-0.1, -0.05) is 13.8 Å². The van der Waals surface area contributed by atoms with E-state index < -0.39 is 5.91 Å². The van der Waals surface area contributed by atoms with E-state index in [9.17, 15) is 9.59 Å². The maximum atomic E-state index is 12.6. The van der Waals surface area contributed by atoms with Gasteiger partial charge in [0.25, 0.3) is 11.8 Å². The third-order valence-electron chi connectivity index (χ3n) is 5.40. The molecule has 3 rings (SSSR count). The summed E-state index contributed by atoms with van der Waals surface area (Å²) in [6, 6.07) is 3.47. The van der Waals surface area contributed by atoms with Crippen LogP contribution in [0.15, 0.2) is 12.1 Å². The fourth-order valence-electron chi connectivity index (χ4n) is 3.92. The standard InChI is InChI=1S/C21H28N4O3/c1-12-9-14(10-13(2)18(12)28-6)19(26)22-23-20(27)17-15-7-8-21(3,4)11-16(15)25(5)24-17/h9-10H,7-8,11H2,1-6H3,(H,22,26)(H,23,27). The molecule has 1 aromatic heterocycles. The number of ether oxygens (including phenoxy) is 1. The zero-order valence-corrected chi connectivity index (χ0v) is 17.4. The highest BCUT2D eigenvalue weighted by atomic mass is 16.5. The molecule has 2 N–H and O–H groups in total. The number of nitrogens with zero attached hydrogens (tertiary/aromatic N) is 2. The van der Waals surface area contributed by atoms with Crippen molar-refractivity contribution in [1.82, 2.24) is 20.6 Å². The van der Waals surface area contributed by atoms with Gasteiger partial charge >= 0.3 is 0 Å². The number of benzene rings is 1. The lowest BCUT2D eigenvalue weighted by Gasteiger charge is -2.29. The number of rotatable bonds is 3. The molecular formula is C21H28N4O3. The van der Waals surface area contributed by atoms with Crippen LogP contribution in [0, 0.1) is 19.3 Å². The predicted octanol–water partition coefficient (Wildman–Crippen LogP) is 2.64. The van der Waals surface area contributed by atoms with Crippen LogP contribution in [0.25, 0.3) is 0 Å². The van der Waals surface area contributed by atoms with E-state index in [-0.39, 0.29) is 11.3 Å². The van der Waals surface area contributed by atoms with Crippen molar-refractivity contribution in [1.29, 1.82) is 0 Å². The molecule has 1 aliphatic carbocycles. The normalized spacial score (nSPS) is 14.9. The summed E-state index contributed by atoms with van der Waals surface area (Å²) in [5.74, 6) is -0.0244. The van der Waals surface area contributed by atoms with Crippen LogP contribution in [0.2, 0.25) is 0 Å². The Morgan fingerprint density at radius 2 is 1.75 bits per heavy atom. The number of carbonyl (C=O) groups excluding carboxylic acids is 2. The number of hydrazine groups is 1. The van der Waals surface area contributed by atoms with E-state index in [1.807, 2.05) is 20.9 Å². The van der Waals surface area contributed by atoms with E-state index in [4.69, 9.17) is 4.74 Å². The Kier molecular flexibility index (Phi) is 5.19. The van der Waals surface area contributed by atoms with Crippen molar-refractivity contribution in [3.05, 3.63) is 45.8 Å². The second-order valence-electron chi connectivity index (χ2n) is 8.29. The summed E-state index contributed by atoms with van der Waals surface area (Å²) in [6.45, 7) is 8.20. The van der Waals surface area contributed by atoms with E-state index in [1.165, 1.54) is 0 Å². The molecule has 1 heterocycles. The molecular weight excluding hydrogens is 356 g/mol. The Balaban J connectivity index is 1.73. The fourth-order valence-corrected chi connectivity index (χ4v) is 3.92. The molecule has 0 atom stereocenters. The molecule has 0 spiro atoms. The van der Waals surface area contributed by atoms with E-state index in [1.54, 1.807) is 23.9 Å². The van der Waals surface area contributed by atoms with Crippen LogP contribution in [-0.2, 0) is 19.9 Å². The smallest absolute Gasteiger partial charge is 0.290 e. The number of aryl methyl sites for hydroxylation is 3. The number of aromatic nitrogens is 2. The molecule has 0 saturated carbocycles. The molecule has 0 aliphatic heterocycles. The highest BCUT2D eigenvalue weighted by Crippen LogP contribution is 2.35. The van der Waals surface area contributed by atoms with E-state index in [0.29, 0.717) is 11.3 Å². The minimum Gasteiger partial charge on any atom is -0.496 e. The first-order chi connectivity index (χ1) is 13.1. The SMILES string of the molecule is COc1c(C)cc(C(=O)NNC(=O)c2nn(C)c3c2CCC(C)(C)C3)cc1C. The monoisotopic (exact) mass is 384 g/mol. The van der Waals surface area contributed by atoms with Gasteiger partial charge in [0.1, 0.15) is 5.75 Å². The van der Waals surface area contributed by atoms with Gasteiger partial charge in [-0.3, -0.25) is 25.1 Å². The molecule has 2 amide bonds. The lowest BCUT2D eigenvalue weighted by atomic mass is 9.76. The minimum atomic E-state index is -0.396. The van der Waals surface area contributed by atoms with E-state index >= 15 is 0 Å². The molecule has 1 aromatic carbocycles. The zero-order chi connectivity index (χ0) is 20.6. The lowest BCUT2D eigenvalue weighted by molar-refractivity contribution is 0.0842. The van der Waals surface area contributed by atoms with Crippen LogP contribution in [0.5, 0.6) is 5.75 Å². The van der Waals surface area contributed by atoms with Crippen LogP contribution in [0.1, 0.15) is 63.5 Å². The average molecular weight is 384 g/mol. The second-order valence-corrected chi connectivity index (χ2v) is 8.29. The second kappa shape index (κ2) is 7.30. The van der Waals surface area contributed by atoms with Gasteiger partial charge < -0.3 is 4.74 Å². The summed E-state index contributed by atoms with van der Waals surface area (Å²) in [5.41, 5.74) is 9.83. The van der Waals surface area contributed by atoms with Gasteiger partial charge in [-0.15, -0.1) is 0 Å². The lowest BCUT2D eigenvalue weighted by Crippen LogP contribution is -2.42. The van der Waals surface area contributed by atoms with Gasteiger partial charge in [0.2, 0.25) is 0 Å². The Morgan fingerprint density at radius 3 is 2.36 bits per heavy atom. The Labute approximate surface area is 165 Å². The summed E-state index contributed by atoms with van der Waals surface area (Å²) in [5, 5.41) is 4.40. The topological polar surface area (TPSA) is 85.2 Å². The van der Waals surface area contributed by atoms with Crippen LogP contribution >= 0.6 is 0 Å². The van der Waals surface area contributed by atoms with Crippen LogP contribution in [-0.4, -0.2) is 28.7 Å². The van der Waals surface area contributed by atoms with Crippen molar-refractivity contribution in [2.45, 2.75) is 47.0 Å². The van der Waals surface area contributed by atoms with Crippen LogP contribution < -0.4 is 15.6 Å². The van der Waals surface area contributed by atoms with Gasteiger partial charge in [-0.2, -0.15) is 5.10 Å². The number of hydrogen-bond donors (Lipinski definition) is 2. The first-order valence-corrected chi connectivity index (χ1v) is 9.43. The Bertz CT molecular complexity index is 920. The molecule has 7 heteroatoms. The molecule has 28 heavy (non-hydrogen) atoms. The number of amides is 2. The molecule has 150 valence electrons. The number of nitrogens with one attached hydrogen (secondary N) is 2. The van der Waals surface area contributed by atoms with Crippen LogP contribution in [0.3, 0.4) is 0 Å². The molecule has 0 saturated heterocycles. The molecule has 2 aromatic rings. The number of methoxy groups -OCH3 is 1. The van der Waals surface area contributed by atoms with Crippen molar-refractivity contribution in [3.8, 4) is 5.75 Å². The van der Waals surface area contributed by atoms with Gasteiger partial charge in [0.15, 0.2) is 5.69 Å². The van der Waals surface area contributed by atoms with Crippen molar-refractivity contribution in [2.24, 2.45) is 12.5 Å². The van der Waals surface area contributed by atoms with Crippen LogP contribution in [0.4, 0.5) is 0 Å². The molecule has 0 radical (unpaired) electrons. The summed E-state index contributed by atoms with van der Waals surface area (Å²) in [4.78, 5) is 25.1. The predicted molar refractivity (Wildman–Crippen MR) is 106 cm³/mol. The highest BCUT2D eigenvalue weighted by molar-refractivity contribution is 5.99. The maximum absolute atomic E-state index is 12.6. The third-order valence-corrected chi connectivity index (χ3v) is 5.40. The number of hydrogen-bond acceptors (Lipinski definition) is 4. The molecule has 0 unspecified atom stereocenters. The summed E-state index contributed by atoms with van der Waals surface area (Å²) in [7, 11) is 3.46. The highest BCUT2D eigenvalue weighted by Gasteiger charge is 2.32. The zero-order valence-electron chi connectivity index (χ0n) is 17.4. The van der Waals surface area contributed by atoms with E-state index in [2.05, 4.69) is 29.8 Å². The van der Waals surface area contributed by atoms with Gasteiger partial charge in [-0.25, -0.2) is 0 Å². The van der Waals surface area contributed by atoms with Crippen molar-refractivity contribution in [3.63, 3.8) is 0 Å². The maximum Gasteiger partial charge on any atom is 0.290 e. The molecule has 7 nitrogen and oxygen atoms in total. The Hall–Kier alpha value is -2.83. The largest absolute Gasteiger partial charge is 0.496 e. The Morgan fingerprint density at radius 1 is 1.14 bits per heavy atom. The first-order valence-electron chi connectivity index (χ1n) is 9.43. The molecule has 1 aliphatic rings. The average Bonchev–Trinajstić information content (AvgIpc) is 2.94. The number of fused-ring (bicyclic) bond motifs is 1. The quantitative estimate of drug-likeness (QED) is 0.797. The van der Waals surface area contributed by atoms with Crippen molar-refractivity contribution in [2.75, 3.05) is 7.11 Å². The van der Waals surface area contributed by atoms with Gasteiger partial charge in [0, 0.05) is 23.9 Å².